The fraction of sp³-hybridized carbons (Fsp3) is 0.455. The van der Waals surface area contributed by atoms with Gasteiger partial charge in [0.25, 0.3) is 0 Å². The van der Waals surface area contributed by atoms with E-state index < -0.39 is 0 Å². The minimum Gasteiger partial charge on any atom is -0.324 e. The molecule has 0 aliphatic rings. The molecule has 0 aliphatic carbocycles. The van der Waals surface area contributed by atoms with Crippen molar-refractivity contribution >= 4 is 22.6 Å². The Morgan fingerprint density at radius 2 is 2.15 bits per heavy atom. The lowest BCUT2D eigenvalue weighted by molar-refractivity contribution is 0.638. The van der Waals surface area contributed by atoms with E-state index in [2.05, 4.69) is 54.6 Å². The van der Waals surface area contributed by atoms with Crippen molar-refractivity contribution in [1.82, 2.24) is 0 Å². The Morgan fingerprint density at radius 3 is 2.69 bits per heavy atom. The Hall–Kier alpha value is -0.0900. The molecule has 1 nitrogen and oxygen atoms in total. The van der Waals surface area contributed by atoms with Crippen LogP contribution in [0, 0.1) is 10.5 Å². The van der Waals surface area contributed by atoms with Gasteiger partial charge >= 0.3 is 0 Å². The maximum absolute atomic E-state index is 6.02. The largest absolute Gasteiger partial charge is 0.324 e. The Balaban J connectivity index is 2.84. The average Bonchev–Trinajstić information content (AvgIpc) is 2.10. The summed E-state index contributed by atoms with van der Waals surface area (Å²) in [5.41, 5.74) is 8.61. The lowest BCUT2D eigenvalue weighted by Crippen LogP contribution is -2.09. The van der Waals surface area contributed by atoms with Crippen molar-refractivity contribution in [2.45, 2.75) is 32.7 Å². The van der Waals surface area contributed by atoms with Crippen molar-refractivity contribution in [3.8, 4) is 0 Å². The summed E-state index contributed by atoms with van der Waals surface area (Å²) in [6.07, 6.45) is 2.21. The Bertz CT molecular complexity index is 283. The summed E-state index contributed by atoms with van der Waals surface area (Å²) in [5.74, 6) is 0. The van der Waals surface area contributed by atoms with Crippen LogP contribution in [-0.4, -0.2) is 0 Å². The fourth-order valence-corrected chi connectivity index (χ4v) is 1.71. The maximum Gasteiger partial charge on any atom is 0.0294 e. The number of aryl methyl sites for hydroxylation is 1. The SMILES string of the molecule is CCCC(N)c1ccc(I)c(C)c1. The zero-order chi connectivity index (χ0) is 9.84. The van der Waals surface area contributed by atoms with Gasteiger partial charge in [-0.05, 0) is 53.1 Å². The molecule has 0 saturated carbocycles. The lowest BCUT2D eigenvalue weighted by Gasteiger charge is -2.11. The quantitative estimate of drug-likeness (QED) is 0.848. The molecule has 1 atom stereocenters. The van der Waals surface area contributed by atoms with E-state index in [1.54, 1.807) is 0 Å². The normalized spacial score (nSPS) is 12.9. The van der Waals surface area contributed by atoms with E-state index >= 15 is 0 Å². The first kappa shape index (κ1) is 11.0. The van der Waals surface area contributed by atoms with Crippen molar-refractivity contribution in [3.63, 3.8) is 0 Å². The highest BCUT2D eigenvalue weighted by Gasteiger charge is 2.05. The van der Waals surface area contributed by atoms with Gasteiger partial charge in [0.15, 0.2) is 0 Å². The summed E-state index contributed by atoms with van der Waals surface area (Å²) in [5, 5.41) is 0. The summed E-state index contributed by atoms with van der Waals surface area (Å²) in [4.78, 5) is 0. The van der Waals surface area contributed by atoms with Crippen LogP contribution in [0.4, 0.5) is 0 Å². The highest BCUT2D eigenvalue weighted by molar-refractivity contribution is 14.1. The van der Waals surface area contributed by atoms with Gasteiger partial charge in [-0.2, -0.15) is 0 Å². The summed E-state index contributed by atoms with van der Waals surface area (Å²) < 4.78 is 1.31. The molecule has 2 heteroatoms. The molecule has 0 spiro atoms. The zero-order valence-corrected chi connectivity index (χ0v) is 10.3. The van der Waals surface area contributed by atoms with Crippen LogP contribution in [-0.2, 0) is 0 Å². The molecule has 13 heavy (non-hydrogen) atoms. The molecule has 2 N–H and O–H groups in total. The van der Waals surface area contributed by atoms with Gasteiger partial charge in [-0.15, -0.1) is 0 Å². The number of benzene rings is 1. The number of halogens is 1. The van der Waals surface area contributed by atoms with E-state index in [1.807, 2.05) is 0 Å². The molecular formula is C11H16IN. The van der Waals surface area contributed by atoms with E-state index in [1.165, 1.54) is 14.7 Å². The molecule has 0 amide bonds. The standard InChI is InChI=1S/C11H16IN/c1-3-4-11(13)9-5-6-10(12)8(2)7-9/h5-7,11H,3-4,13H2,1-2H3. The van der Waals surface area contributed by atoms with Gasteiger partial charge in [-0.1, -0.05) is 25.5 Å². The van der Waals surface area contributed by atoms with E-state index in [4.69, 9.17) is 5.73 Å². The van der Waals surface area contributed by atoms with Crippen LogP contribution in [0.25, 0.3) is 0 Å². The second-order valence-electron chi connectivity index (χ2n) is 3.40. The Kier molecular flexibility index (Phi) is 4.19. The van der Waals surface area contributed by atoms with Crippen molar-refractivity contribution in [2.24, 2.45) is 5.73 Å². The third-order valence-electron chi connectivity index (χ3n) is 2.21. The Morgan fingerprint density at radius 1 is 1.46 bits per heavy atom. The molecule has 0 fully saturated rings. The monoisotopic (exact) mass is 289 g/mol. The van der Waals surface area contributed by atoms with Crippen LogP contribution in [0.2, 0.25) is 0 Å². The first-order valence-electron chi connectivity index (χ1n) is 4.66. The maximum atomic E-state index is 6.02. The number of hydrogen-bond acceptors (Lipinski definition) is 1. The molecule has 1 aromatic rings. The van der Waals surface area contributed by atoms with Gasteiger partial charge in [0.2, 0.25) is 0 Å². The first-order chi connectivity index (χ1) is 6.15. The molecule has 0 radical (unpaired) electrons. The smallest absolute Gasteiger partial charge is 0.0294 e. The van der Waals surface area contributed by atoms with Gasteiger partial charge in [0.1, 0.15) is 0 Å². The first-order valence-corrected chi connectivity index (χ1v) is 5.74. The van der Waals surface area contributed by atoms with Crippen molar-refractivity contribution < 1.29 is 0 Å². The predicted octanol–water partition coefficient (Wildman–Crippen LogP) is 3.40. The van der Waals surface area contributed by atoms with Crippen LogP contribution in [0.3, 0.4) is 0 Å². The fourth-order valence-electron chi connectivity index (χ4n) is 1.38. The molecular weight excluding hydrogens is 273 g/mol. The molecule has 0 bridgehead atoms. The minimum atomic E-state index is 0.209. The summed E-state index contributed by atoms with van der Waals surface area (Å²) in [7, 11) is 0. The molecule has 0 heterocycles. The molecule has 0 aliphatic heterocycles. The highest BCUT2D eigenvalue weighted by Crippen LogP contribution is 2.20. The summed E-state index contributed by atoms with van der Waals surface area (Å²) >= 11 is 2.34. The highest BCUT2D eigenvalue weighted by atomic mass is 127. The van der Waals surface area contributed by atoms with E-state index in [9.17, 15) is 0 Å². The summed E-state index contributed by atoms with van der Waals surface area (Å²) in [6, 6.07) is 6.68. The molecule has 0 aromatic heterocycles. The van der Waals surface area contributed by atoms with Crippen LogP contribution < -0.4 is 5.73 Å². The third kappa shape index (κ3) is 2.95. The van der Waals surface area contributed by atoms with Gasteiger partial charge in [-0.3, -0.25) is 0 Å². The minimum absolute atomic E-state index is 0.209. The second-order valence-corrected chi connectivity index (χ2v) is 4.57. The molecule has 1 unspecified atom stereocenters. The van der Waals surface area contributed by atoms with Crippen LogP contribution in [0.1, 0.15) is 36.9 Å². The van der Waals surface area contributed by atoms with Crippen molar-refractivity contribution in [2.75, 3.05) is 0 Å². The van der Waals surface area contributed by atoms with E-state index in [0.717, 1.165) is 12.8 Å². The zero-order valence-electron chi connectivity index (χ0n) is 8.18. The van der Waals surface area contributed by atoms with Gasteiger partial charge in [0, 0.05) is 9.61 Å². The second kappa shape index (κ2) is 4.96. The molecule has 1 rings (SSSR count). The lowest BCUT2D eigenvalue weighted by atomic mass is 10.0. The van der Waals surface area contributed by atoms with Crippen molar-refractivity contribution in [3.05, 3.63) is 32.9 Å². The Labute approximate surface area is 93.9 Å². The molecule has 72 valence electrons. The van der Waals surface area contributed by atoms with Crippen LogP contribution in [0.5, 0.6) is 0 Å². The van der Waals surface area contributed by atoms with Crippen molar-refractivity contribution in [1.29, 1.82) is 0 Å². The topological polar surface area (TPSA) is 26.0 Å². The number of nitrogens with two attached hydrogens (primary N) is 1. The third-order valence-corrected chi connectivity index (χ3v) is 3.42. The van der Waals surface area contributed by atoms with Crippen LogP contribution >= 0.6 is 22.6 Å². The van der Waals surface area contributed by atoms with Crippen LogP contribution in [0.15, 0.2) is 18.2 Å². The molecule has 0 saturated heterocycles. The number of hydrogen-bond donors (Lipinski definition) is 1. The van der Waals surface area contributed by atoms with Gasteiger partial charge < -0.3 is 5.73 Å². The van der Waals surface area contributed by atoms with Gasteiger partial charge in [0.05, 0.1) is 0 Å². The number of rotatable bonds is 3. The predicted molar refractivity (Wildman–Crippen MR) is 65.7 cm³/mol. The van der Waals surface area contributed by atoms with E-state index in [-0.39, 0.29) is 6.04 Å². The van der Waals surface area contributed by atoms with Gasteiger partial charge in [-0.25, -0.2) is 0 Å². The molecule has 1 aromatic carbocycles. The average molecular weight is 289 g/mol. The van der Waals surface area contributed by atoms with E-state index in [0.29, 0.717) is 0 Å². The summed E-state index contributed by atoms with van der Waals surface area (Å²) in [6.45, 7) is 4.29.